The van der Waals surface area contributed by atoms with Crippen molar-refractivity contribution in [2.75, 3.05) is 13.2 Å². The Kier molecular flexibility index (Phi) is 5.58. The summed E-state index contributed by atoms with van der Waals surface area (Å²) in [5.74, 6) is -0.134. The normalized spacial score (nSPS) is 43.9. The van der Waals surface area contributed by atoms with E-state index in [4.69, 9.17) is 9.47 Å². The summed E-state index contributed by atoms with van der Waals surface area (Å²) in [4.78, 5) is 37.3. The second-order valence-corrected chi connectivity index (χ2v) is 10.3. The van der Waals surface area contributed by atoms with E-state index in [0.717, 1.165) is 24.8 Å². The minimum Gasteiger partial charge on any atom is -0.435 e. The minimum absolute atomic E-state index is 0.00120. The molecular weight excluding hydrogens is 400 g/mol. The van der Waals surface area contributed by atoms with Crippen LogP contribution in [0.15, 0.2) is 11.6 Å². The molecule has 0 amide bonds. The Morgan fingerprint density at radius 3 is 2.61 bits per heavy atom. The standard InChI is InChI=1S/C24H34O7/c1-4-30-21(29)31-24(19(28)13-25)10-8-17-16-6-5-14-11-15(26)7-9-22(14,2)20(16)18(27)12-23(17,24)3/h11,16-18,20,25,27H,4-10,12-13H2,1-3H3/t16-,17-,18-,20+,22-,23-,24-/m0/s1. The average molecular weight is 435 g/mol. The number of hydrogen-bond donors (Lipinski definition) is 2. The van der Waals surface area contributed by atoms with Crippen molar-refractivity contribution in [2.24, 2.45) is 28.6 Å². The summed E-state index contributed by atoms with van der Waals surface area (Å²) in [6.45, 7) is 5.16. The van der Waals surface area contributed by atoms with Gasteiger partial charge in [-0.25, -0.2) is 4.79 Å². The second-order valence-electron chi connectivity index (χ2n) is 10.3. The predicted molar refractivity (Wildman–Crippen MR) is 111 cm³/mol. The number of ketones is 2. The monoisotopic (exact) mass is 434 g/mol. The van der Waals surface area contributed by atoms with Crippen molar-refractivity contribution in [1.29, 1.82) is 0 Å². The van der Waals surface area contributed by atoms with Crippen LogP contribution in [-0.2, 0) is 19.1 Å². The number of fused-ring (bicyclic) bond motifs is 5. The van der Waals surface area contributed by atoms with Crippen LogP contribution in [0, 0.1) is 28.6 Å². The number of rotatable bonds is 4. The molecule has 2 N–H and O–H groups in total. The van der Waals surface area contributed by atoms with E-state index in [1.54, 1.807) is 13.0 Å². The smallest absolute Gasteiger partial charge is 0.435 e. The van der Waals surface area contributed by atoms with Crippen LogP contribution in [0.25, 0.3) is 0 Å². The first-order chi connectivity index (χ1) is 14.6. The molecule has 0 radical (unpaired) electrons. The highest BCUT2D eigenvalue weighted by Crippen LogP contribution is 2.68. The summed E-state index contributed by atoms with van der Waals surface area (Å²) in [6.07, 6.45) is 4.37. The van der Waals surface area contributed by atoms with Gasteiger partial charge in [0, 0.05) is 11.8 Å². The summed E-state index contributed by atoms with van der Waals surface area (Å²) in [5.41, 5.74) is -1.37. The van der Waals surface area contributed by atoms with Crippen molar-refractivity contribution in [1.82, 2.24) is 0 Å². The Morgan fingerprint density at radius 2 is 1.94 bits per heavy atom. The maximum Gasteiger partial charge on any atom is 0.509 e. The summed E-state index contributed by atoms with van der Waals surface area (Å²) in [7, 11) is 0. The van der Waals surface area contributed by atoms with Crippen LogP contribution in [0.1, 0.15) is 65.7 Å². The van der Waals surface area contributed by atoms with Gasteiger partial charge in [-0.3, -0.25) is 9.59 Å². The molecule has 3 saturated carbocycles. The quantitative estimate of drug-likeness (QED) is 0.655. The van der Waals surface area contributed by atoms with Gasteiger partial charge in [0.2, 0.25) is 5.78 Å². The lowest BCUT2D eigenvalue weighted by Gasteiger charge is -2.60. The minimum atomic E-state index is -1.50. The van der Waals surface area contributed by atoms with E-state index in [0.29, 0.717) is 25.7 Å². The molecule has 0 aromatic carbocycles. The molecule has 0 aromatic heterocycles. The molecule has 4 aliphatic rings. The molecule has 3 fully saturated rings. The highest BCUT2D eigenvalue weighted by atomic mass is 16.7. The number of allylic oxidation sites excluding steroid dienone is 1. The van der Waals surface area contributed by atoms with Crippen molar-refractivity contribution >= 4 is 17.7 Å². The van der Waals surface area contributed by atoms with E-state index >= 15 is 0 Å². The number of carbonyl (C=O) groups is 3. The first kappa shape index (κ1) is 22.5. The summed E-state index contributed by atoms with van der Waals surface area (Å²) >= 11 is 0. The molecule has 0 aromatic rings. The van der Waals surface area contributed by atoms with Gasteiger partial charge in [0.15, 0.2) is 11.4 Å². The van der Waals surface area contributed by atoms with E-state index in [-0.39, 0.29) is 35.6 Å². The van der Waals surface area contributed by atoms with Crippen LogP contribution in [0.5, 0.6) is 0 Å². The van der Waals surface area contributed by atoms with Gasteiger partial charge in [-0.15, -0.1) is 0 Å². The Hall–Kier alpha value is -1.73. The summed E-state index contributed by atoms with van der Waals surface area (Å²) in [6, 6.07) is 0. The van der Waals surface area contributed by atoms with Crippen LogP contribution in [-0.4, -0.2) is 52.9 Å². The van der Waals surface area contributed by atoms with E-state index in [1.807, 2.05) is 6.92 Å². The third-order valence-corrected chi connectivity index (χ3v) is 9.13. The molecule has 0 heterocycles. The van der Waals surface area contributed by atoms with Crippen LogP contribution in [0.4, 0.5) is 4.79 Å². The van der Waals surface area contributed by atoms with Gasteiger partial charge in [0.25, 0.3) is 0 Å². The van der Waals surface area contributed by atoms with Crippen LogP contribution < -0.4 is 0 Å². The lowest BCUT2D eigenvalue weighted by atomic mass is 9.45. The van der Waals surface area contributed by atoms with Gasteiger partial charge in [0.05, 0.1) is 12.7 Å². The van der Waals surface area contributed by atoms with E-state index in [9.17, 15) is 24.6 Å². The second kappa shape index (κ2) is 7.69. The highest BCUT2D eigenvalue weighted by molar-refractivity contribution is 5.92. The molecule has 7 heteroatoms. The van der Waals surface area contributed by atoms with E-state index < -0.39 is 35.7 Å². The van der Waals surface area contributed by atoms with Crippen molar-refractivity contribution < 1.29 is 34.1 Å². The molecule has 0 unspecified atom stereocenters. The molecule has 172 valence electrons. The first-order valence-electron chi connectivity index (χ1n) is 11.5. The van der Waals surface area contributed by atoms with Gasteiger partial charge in [-0.2, -0.15) is 0 Å². The largest absolute Gasteiger partial charge is 0.509 e. The Balaban J connectivity index is 1.73. The third kappa shape index (κ3) is 3.10. The zero-order valence-corrected chi connectivity index (χ0v) is 18.7. The van der Waals surface area contributed by atoms with Crippen LogP contribution >= 0.6 is 0 Å². The number of Topliss-reactive ketones (excluding diaryl/α,β-unsaturated/α-hetero) is 1. The SMILES string of the molecule is CCOC(=O)O[C@]1(C(=O)CO)CC[C@H]2[C@@H]3CCC4=CC(=O)CC[C@]4(C)[C@H]3[C@@H](O)C[C@@]21C. The summed E-state index contributed by atoms with van der Waals surface area (Å²) < 4.78 is 10.7. The fourth-order valence-corrected chi connectivity index (χ4v) is 7.78. The van der Waals surface area contributed by atoms with Crippen molar-refractivity contribution in [3.05, 3.63) is 11.6 Å². The molecule has 31 heavy (non-hydrogen) atoms. The maximum atomic E-state index is 13.0. The fourth-order valence-electron chi connectivity index (χ4n) is 7.78. The van der Waals surface area contributed by atoms with Crippen LogP contribution in [0.3, 0.4) is 0 Å². The highest BCUT2D eigenvalue weighted by Gasteiger charge is 2.70. The number of carbonyl (C=O) groups excluding carboxylic acids is 3. The Morgan fingerprint density at radius 1 is 1.19 bits per heavy atom. The number of aliphatic hydroxyl groups is 2. The number of hydrogen-bond acceptors (Lipinski definition) is 7. The van der Waals surface area contributed by atoms with Crippen molar-refractivity contribution in [3.63, 3.8) is 0 Å². The molecular formula is C24H34O7. The molecule has 0 bridgehead atoms. The molecule has 0 aliphatic heterocycles. The zero-order valence-electron chi connectivity index (χ0n) is 18.7. The molecule has 4 rings (SSSR count). The maximum absolute atomic E-state index is 13.0. The fraction of sp³-hybridized carbons (Fsp3) is 0.792. The van der Waals surface area contributed by atoms with Gasteiger partial charge in [-0.1, -0.05) is 19.4 Å². The average Bonchev–Trinajstić information content (AvgIpc) is 3.00. The number of ether oxygens (including phenoxy) is 2. The Bertz CT molecular complexity index is 819. The van der Waals surface area contributed by atoms with Gasteiger partial charge in [0.1, 0.15) is 6.61 Å². The predicted octanol–water partition coefficient (Wildman–Crippen LogP) is 2.96. The van der Waals surface area contributed by atoms with Crippen molar-refractivity contribution in [2.45, 2.75) is 77.4 Å². The topological polar surface area (TPSA) is 110 Å². The van der Waals surface area contributed by atoms with Gasteiger partial charge >= 0.3 is 6.16 Å². The first-order valence-corrected chi connectivity index (χ1v) is 11.5. The van der Waals surface area contributed by atoms with Gasteiger partial charge in [-0.05, 0) is 74.7 Å². The molecule has 4 aliphatic carbocycles. The zero-order chi connectivity index (χ0) is 22.6. The Labute approximate surface area is 183 Å². The van der Waals surface area contributed by atoms with E-state index in [2.05, 4.69) is 6.92 Å². The van der Waals surface area contributed by atoms with Crippen LogP contribution in [0.2, 0.25) is 0 Å². The number of aliphatic hydroxyl groups excluding tert-OH is 2. The van der Waals surface area contributed by atoms with Gasteiger partial charge < -0.3 is 19.7 Å². The molecule has 7 atom stereocenters. The van der Waals surface area contributed by atoms with E-state index in [1.165, 1.54) is 0 Å². The lowest BCUT2D eigenvalue weighted by molar-refractivity contribution is -0.186. The van der Waals surface area contributed by atoms with Crippen molar-refractivity contribution in [3.8, 4) is 0 Å². The molecule has 0 spiro atoms. The summed E-state index contributed by atoms with van der Waals surface area (Å²) in [5, 5.41) is 21.2. The third-order valence-electron chi connectivity index (χ3n) is 9.13. The molecule has 7 nitrogen and oxygen atoms in total. The lowest BCUT2D eigenvalue weighted by Crippen LogP contribution is -2.63. The molecule has 0 saturated heterocycles.